The van der Waals surface area contributed by atoms with Crippen LogP contribution in [0.25, 0.3) is 0 Å². The number of hydrogen-bond donors (Lipinski definition) is 1. The lowest BCUT2D eigenvalue weighted by Crippen LogP contribution is -2.01. The minimum Gasteiger partial charge on any atom is -0.454 e. The second-order valence-corrected chi connectivity index (χ2v) is 4.47. The third kappa shape index (κ3) is 2.34. The molecule has 0 spiro atoms. The van der Waals surface area contributed by atoms with Crippen LogP contribution in [-0.4, -0.2) is 6.79 Å². The van der Waals surface area contributed by atoms with Crippen LogP contribution in [0, 0.1) is 12.7 Å². The maximum atomic E-state index is 13.4. The molecule has 0 atom stereocenters. The van der Waals surface area contributed by atoms with E-state index in [1.54, 1.807) is 13.0 Å². The van der Waals surface area contributed by atoms with Crippen LogP contribution in [0.5, 0.6) is 11.5 Å². The molecule has 2 aromatic rings. The smallest absolute Gasteiger partial charge is 0.231 e. The van der Waals surface area contributed by atoms with Gasteiger partial charge in [-0.25, -0.2) is 4.39 Å². The van der Waals surface area contributed by atoms with Gasteiger partial charge in [0.1, 0.15) is 5.82 Å². The number of hydrogen-bond acceptors (Lipinski definition) is 3. The Labute approximate surface area is 111 Å². The van der Waals surface area contributed by atoms with E-state index in [1.165, 1.54) is 6.07 Å². The summed E-state index contributed by atoms with van der Waals surface area (Å²) in [4.78, 5) is 0. The monoisotopic (exact) mass is 259 g/mol. The molecule has 1 aliphatic rings. The Balaban J connectivity index is 1.76. The van der Waals surface area contributed by atoms with Gasteiger partial charge in [-0.3, -0.25) is 0 Å². The summed E-state index contributed by atoms with van der Waals surface area (Å²) >= 11 is 0. The molecule has 3 rings (SSSR count). The lowest BCUT2D eigenvalue weighted by Gasteiger charge is -2.09. The van der Waals surface area contributed by atoms with E-state index in [0.717, 1.165) is 22.7 Å². The molecule has 0 saturated carbocycles. The van der Waals surface area contributed by atoms with E-state index in [0.29, 0.717) is 12.1 Å². The van der Waals surface area contributed by atoms with Crippen molar-refractivity contribution >= 4 is 5.69 Å². The largest absolute Gasteiger partial charge is 0.454 e. The van der Waals surface area contributed by atoms with E-state index in [9.17, 15) is 4.39 Å². The Morgan fingerprint density at radius 2 is 2.11 bits per heavy atom. The van der Waals surface area contributed by atoms with E-state index in [-0.39, 0.29) is 12.6 Å². The summed E-state index contributed by atoms with van der Waals surface area (Å²) in [6.45, 7) is 2.56. The summed E-state index contributed by atoms with van der Waals surface area (Å²) in [5.41, 5.74) is 2.39. The van der Waals surface area contributed by atoms with E-state index in [1.807, 2.05) is 24.3 Å². The molecule has 2 aromatic carbocycles. The topological polar surface area (TPSA) is 30.5 Å². The number of fused-ring (bicyclic) bond motifs is 1. The zero-order valence-corrected chi connectivity index (χ0v) is 10.6. The van der Waals surface area contributed by atoms with Crippen LogP contribution in [0.15, 0.2) is 36.4 Å². The number of rotatable bonds is 3. The molecule has 0 amide bonds. The van der Waals surface area contributed by atoms with Gasteiger partial charge in [-0.1, -0.05) is 18.2 Å². The van der Waals surface area contributed by atoms with Crippen LogP contribution in [0.4, 0.5) is 10.1 Å². The number of benzene rings is 2. The third-order valence-corrected chi connectivity index (χ3v) is 3.13. The van der Waals surface area contributed by atoms with Crippen LogP contribution < -0.4 is 14.8 Å². The minimum atomic E-state index is -0.206. The van der Waals surface area contributed by atoms with Crippen LogP contribution in [0.2, 0.25) is 0 Å². The lowest BCUT2D eigenvalue weighted by molar-refractivity contribution is 0.173. The molecule has 1 heterocycles. The summed E-state index contributed by atoms with van der Waals surface area (Å²) in [6.07, 6.45) is 0. The van der Waals surface area contributed by atoms with Gasteiger partial charge in [-0.05, 0) is 30.7 Å². The number of halogens is 1. The quantitative estimate of drug-likeness (QED) is 0.915. The van der Waals surface area contributed by atoms with Crippen LogP contribution >= 0.6 is 0 Å². The van der Waals surface area contributed by atoms with Crippen molar-refractivity contribution in [2.45, 2.75) is 13.5 Å². The molecule has 0 unspecified atom stereocenters. The number of nitrogens with one attached hydrogen (secondary N) is 1. The van der Waals surface area contributed by atoms with Crippen molar-refractivity contribution in [3.8, 4) is 11.5 Å². The summed E-state index contributed by atoms with van der Waals surface area (Å²) in [7, 11) is 0. The van der Waals surface area contributed by atoms with Gasteiger partial charge in [0.25, 0.3) is 0 Å². The van der Waals surface area contributed by atoms with Gasteiger partial charge in [0.15, 0.2) is 11.5 Å². The van der Waals surface area contributed by atoms with Gasteiger partial charge in [-0.2, -0.15) is 0 Å². The molecule has 1 aliphatic heterocycles. The Kier molecular flexibility index (Phi) is 2.99. The summed E-state index contributed by atoms with van der Waals surface area (Å²) in [5.74, 6) is 1.32. The molecule has 3 nitrogen and oxygen atoms in total. The number of aryl methyl sites for hydroxylation is 1. The first-order chi connectivity index (χ1) is 9.24. The van der Waals surface area contributed by atoms with Gasteiger partial charge in [0.05, 0.1) is 0 Å². The predicted octanol–water partition coefficient (Wildman–Crippen LogP) is 3.47. The fraction of sp³-hybridized carbons (Fsp3) is 0.200. The predicted molar refractivity (Wildman–Crippen MR) is 71.0 cm³/mol. The Bertz CT molecular complexity index is 613. The molecule has 0 fully saturated rings. The van der Waals surface area contributed by atoms with Crippen molar-refractivity contribution in [3.05, 3.63) is 53.3 Å². The first-order valence-corrected chi connectivity index (χ1v) is 6.11. The van der Waals surface area contributed by atoms with E-state index in [4.69, 9.17) is 9.47 Å². The number of para-hydroxylation sites is 1. The van der Waals surface area contributed by atoms with Gasteiger partial charge in [0.2, 0.25) is 6.79 Å². The Hall–Kier alpha value is -2.23. The fourth-order valence-electron chi connectivity index (χ4n) is 2.03. The molecule has 0 radical (unpaired) electrons. The molecule has 0 aromatic heterocycles. The van der Waals surface area contributed by atoms with E-state index < -0.39 is 0 Å². The van der Waals surface area contributed by atoms with Crippen molar-refractivity contribution in [2.75, 3.05) is 12.1 Å². The van der Waals surface area contributed by atoms with E-state index >= 15 is 0 Å². The highest BCUT2D eigenvalue weighted by molar-refractivity contribution is 5.51. The van der Waals surface area contributed by atoms with E-state index in [2.05, 4.69) is 5.32 Å². The maximum Gasteiger partial charge on any atom is 0.231 e. The lowest BCUT2D eigenvalue weighted by atomic mass is 10.1. The number of anilines is 1. The van der Waals surface area contributed by atoms with Gasteiger partial charge in [0, 0.05) is 17.8 Å². The van der Waals surface area contributed by atoms with Gasteiger partial charge < -0.3 is 14.8 Å². The molecular weight excluding hydrogens is 245 g/mol. The van der Waals surface area contributed by atoms with Crippen LogP contribution in [0.3, 0.4) is 0 Å². The highest BCUT2D eigenvalue weighted by Gasteiger charge is 2.16. The van der Waals surface area contributed by atoms with Crippen molar-refractivity contribution in [3.63, 3.8) is 0 Å². The van der Waals surface area contributed by atoms with Crippen molar-refractivity contribution < 1.29 is 13.9 Å². The third-order valence-electron chi connectivity index (χ3n) is 3.13. The van der Waals surface area contributed by atoms with Crippen molar-refractivity contribution in [1.82, 2.24) is 0 Å². The zero-order chi connectivity index (χ0) is 13.2. The molecule has 0 saturated heterocycles. The first-order valence-electron chi connectivity index (χ1n) is 6.11. The average Bonchev–Trinajstić information content (AvgIpc) is 2.89. The fourth-order valence-corrected chi connectivity index (χ4v) is 2.03. The molecule has 19 heavy (non-hydrogen) atoms. The SMILES string of the molecule is Cc1ccc(NCc2cccc3c2OCO3)cc1F. The highest BCUT2D eigenvalue weighted by Crippen LogP contribution is 2.35. The molecule has 0 bridgehead atoms. The maximum absolute atomic E-state index is 13.4. The molecule has 98 valence electrons. The van der Waals surface area contributed by atoms with Crippen molar-refractivity contribution in [2.24, 2.45) is 0 Å². The summed E-state index contributed by atoms with van der Waals surface area (Å²) in [5, 5.41) is 3.18. The Morgan fingerprint density at radius 1 is 1.21 bits per heavy atom. The normalized spacial score (nSPS) is 12.5. The average molecular weight is 259 g/mol. The Morgan fingerprint density at radius 3 is 2.95 bits per heavy atom. The van der Waals surface area contributed by atoms with Gasteiger partial charge >= 0.3 is 0 Å². The standard InChI is InChI=1S/C15H14FNO2/c1-10-5-6-12(7-13(10)16)17-8-11-3-2-4-14-15(11)19-9-18-14/h2-7,17H,8-9H2,1H3. The molecule has 1 N–H and O–H groups in total. The van der Waals surface area contributed by atoms with Crippen LogP contribution in [-0.2, 0) is 6.54 Å². The highest BCUT2D eigenvalue weighted by atomic mass is 19.1. The molecule has 4 heteroatoms. The summed E-state index contributed by atoms with van der Waals surface area (Å²) < 4.78 is 24.2. The number of ether oxygens (including phenoxy) is 2. The first kappa shape index (κ1) is 11.8. The minimum absolute atomic E-state index is 0.206. The van der Waals surface area contributed by atoms with Crippen LogP contribution in [0.1, 0.15) is 11.1 Å². The van der Waals surface area contributed by atoms with Gasteiger partial charge in [-0.15, -0.1) is 0 Å². The molecular formula is C15H14FNO2. The van der Waals surface area contributed by atoms with Crippen molar-refractivity contribution in [1.29, 1.82) is 0 Å². The summed E-state index contributed by atoms with van der Waals surface area (Å²) in [6, 6.07) is 10.9. The second-order valence-electron chi connectivity index (χ2n) is 4.47. The molecule has 0 aliphatic carbocycles. The zero-order valence-electron chi connectivity index (χ0n) is 10.6. The second kappa shape index (κ2) is 4.80.